The van der Waals surface area contributed by atoms with E-state index in [-0.39, 0.29) is 12.4 Å². The third-order valence-corrected chi connectivity index (χ3v) is 4.02. The van der Waals surface area contributed by atoms with Crippen molar-refractivity contribution in [2.75, 3.05) is 6.61 Å². The fourth-order valence-corrected chi connectivity index (χ4v) is 3.24. The normalized spacial score (nSPS) is 12.7. The molecule has 0 fully saturated rings. The first-order chi connectivity index (χ1) is 8.24. The molecule has 0 spiro atoms. The number of aliphatic hydroxyl groups excluding tert-OH is 1. The van der Waals surface area contributed by atoms with E-state index in [1.165, 1.54) is 24.3 Å². The number of benzene rings is 1. The Balaban J connectivity index is 2.73. The molecule has 1 rings (SSSR count). The van der Waals surface area contributed by atoms with Gasteiger partial charge in [-0.05, 0) is 38.0 Å². The van der Waals surface area contributed by atoms with Crippen LogP contribution in [0.1, 0.15) is 25.8 Å². The predicted molar refractivity (Wildman–Crippen MR) is 67.9 cm³/mol. The lowest BCUT2D eigenvalue weighted by Crippen LogP contribution is -2.44. The van der Waals surface area contributed by atoms with Crippen LogP contribution in [-0.4, -0.2) is 25.7 Å². The van der Waals surface area contributed by atoms with Crippen molar-refractivity contribution in [3.8, 4) is 0 Å². The van der Waals surface area contributed by atoms with Crippen molar-refractivity contribution in [2.45, 2.75) is 31.6 Å². The van der Waals surface area contributed by atoms with Crippen molar-refractivity contribution < 1.29 is 17.9 Å². The maximum atomic E-state index is 12.7. The molecule has 0 aliphatic carbocycles. The summed E-state index contributed by atoms with van der Waals surface area (Å²) in [6.45, 7) is 3.31. The highest BCUT2D eigenvalue weighted by molar-refractivity contribution is 7.88. The molecule has 0 heterocycles. The van der Waals surface area contributed by atoms with E-state index in [4.69, 9.17) is 5.11 Å². The SMILES string of the molecule is CC(C)(CCO)NS(=O)(=O)Cc1ccc(F)cc1. The van der Waals surface area contributed by atoms with Crippen molar-refractivity contribution in [2.24, 2.45) is 0 Å². The van der Waals surface area contributed by atoms with Gasteiger partial charge in [-0.3, -0.25) is 0 Å². The number of aliphatic hydroxyl groups is 1. The summed E-state index contributed by atoms with van der Waals surface area (Å²) in [5.41, 5.74) is -0.183. The average Bonchev–Trinajstić information content (AvgIpc) is 2.19. The van der Waals surface area contributed by atoms with E-state index >= 15 is 0 Å². The fourth-order valence-electron chi connectivity index (χ4n) is 1.59. The molecule has 0 aliphatic rings. The first-order valence-electron chi connectivity index (χ1n) is 5.61. The lowest BCUT2D eigenvalue weighted by atomic mass is 10.0. The van der Waals surface area contributed by atoms with Crippen LogP contribution in [0.15, 0.2) is 24.3 Å². The summed E-state index contributed by atoms with van der Waals surface area (Å²) >= 11 is 0. The molecule has 2 N–H and O–H groups in total. The minimum atomic E-state index is -3.51. The van der Waals surface area contributed by atoms with Crippen LogP contribution in [0.4, 0.5) is 4.39 Å². The summed E-state index contributed by atoms with van der Waals surface area (Å²) < 4.78 is 39.0. The van der Waals surface area contributed by atoms with Crippen LogP contribution in [0, 0.1) is 5.82 Å². The van der Waals surface area contributed by atoms with Gasteiger partial charge in [0.2, 0.25) is 10.0 Å². The van der Waals surface area contributed by atoms with Crippen molar-refractivity contribution in [1.29, 1.82) is 0 Å². The van der Waals surface area contributed by atoms with Gasteiger partial charge in [0, 0.05) is 12.1 Å². The number of hydrogen-bond donors (Lipinski definition) is 2. The van der Waals surface area contributed by atoms with Crippen LogP contribution in [-0.2, 0) is 15.8 Å². The highest BCUT2D eigenvalue weighted by Crippen LogP contribution is 2.13. The first kappa shape index (κ1) is 15.1. The van der Waals surface area contributed by atoms with E-state index in [0.717, 1.165) is 0 Å². The zero-order valence-corrected chi connectivity index (χ0v) is 11.3. The molecule has 0 saturated heterocycles. The third kappa shape index (κ3) is 5.12. The molecule has 0 aliphatic heterocycles. The largest absolute Gasteiger partial charge is 0.396 e. The van der Waals surface area contributed by atoms with Gasteiger partial charge in [-0.25, -0.2) is 17.5 Å². The smallest absolute Gasteiger partial charge is 0.216 e. The minimum absolute atomic E-state index is 0.0912. The standard InChI is InChI=1S/C12H18FNO3S/c1-12(2,7-8-15)14-18(16,17)9-10-3-5-11(13)6-4-10/h3-6,14-15H,7-9H2,1-2H3. The van der Waals surface area contributed by atoms with Crippen LogP contribution in [0.25, 0.3) is 0 Å². The summed E-state index contributed by atoms with van der Waals surface area (Å²) in [5, 5.41) is 8.84. The molecule has 1 aromatic rings. The predicted octanol–water partition coefficient (Wildman–Crippen LogP) is 1.41. The zero-order valence-electron chi connectivity index (χ0n) is 10.5. The Labute approximate surface area is 107 Å². The molecule has 0 radical (unpaired) electrons. The zero-order chi connectivity index (χ0) is 13.8. The van der Waals surface area contributed by atoms with E-state index < -0.39 is 21.4 Å². The second-order valence-corrected chi connectivity index (χ2v) is 6.57. The van der Waals surface area contributed by atoms with E-state index in [2.05, 4.69) is 4.72 Å². The van der Waals surface area contributed by atoms with Gasteiger partial charge in [0.05, 0.1) is 5.75 Å². The molecule has 0 bridgehead atoms. The van der Waals surface area contributed by atoms with Gasteiger partial charge in [0.15, 0.2) is 0 Å². The van der Waals surface area contributed by atoms with Crippen LogP contribution in [0.2, 0.25) is 0 Å². The maximum absolute atomic E-state index is 12.7. The van der Waals surface area contributed by atoms with Gasteiger partial charge in [-0.15, -0.1) is 0 Å². The topological polar surface area (TPSA) is 66.4 Å². The molecule has 0 saturated carbocycles. The molecule has 0 unspecified atom stereocenters. The highest BCUT2D eigenvalue weighted by atomic mass is 32.2. The summed E-state index contributed by atoms with van der Waals surface area (Å²) in [6.07, 6.45) is 0.329. The molecule has 1 aromatic carbocycles. The third-order valence-electron chi connectivity index (χ3n) is 2.44. The van der Waals surface area contributed by atoms with Crippen LogP contribution in [0.5, 0.6) is 0 Å². The van der Waals surface area contributed by atoms with Gasteiger partial charge >= 0.3 is 0 Å². The van der Waals surface area contributed by atoms with Crippen molar-refractivity contribution in [1.82, 2.24) is 4.72 Å². The summed E-state index contributed by atoms with van der Waals surface area (Å²) in [4.78, 5) is 0. The second-order valence-electron chi connectivity index (χ2n) is 4.85. The van der Waals surface area contributed by atoms with Crippen molar-refractivity contribution in [3.05, 3.63) is 35.6 Å². The van der Waals surface area contributed by atoms with E-state index in [0.29, 0.717) is 12.0 Å². The maximum Gasteiger partial charge on any atom is 0.216 e. The molecule has 0 aromatic heterocycles. The van der Waals surface area contributed by atoms with Gasteiger partial charge in [0.1, 0.15) is 5.82 Å². The van der Waals surface area contributed by atoms with Gasteiger partial charge in [-0.2, -0.15) is 0 Å². The number of sulfonamides is 1. The number of nitrogens with one attached hydrogen (secondary N) is 1. The van der Waals surface area contributed by atoms with Crippen LogP contribution >= 0.6 is 0 Å². The van der Waals surface area contributed by atoms with E-state index in [1.54, 1.807) is 13.8 Å². The second kappa shape index (κ2) is 5.77. The molecule has 0 amide bonds. The summed E-state index contributed by atoms with van der Waals surface area (Å²) in [6, 6.07) is 5.33. The van der Waals surface area contributed by atoms with Gasteiger partial charge in [-0.1, -0.05) is 12.1 Å². The lowest BCUT2D eigenvalue weighted by Gasteiger charge is -2.25. The monoisotopic (exact) mass is 275 g/mol. The van der Waals surface area contributed by atoms with Gasteiger partial charge in [0.25, 0.3) is 0 Å². The Morgan fingerprint density at radius 3 is 2.33 bits per heavy atom. The van der Waals surface area contributed by atoms with Crippen LogP contribution < -0.4 is 4.72 Å². The molecule has 4 nitrogen and oxygen atoms in total. The Kier molecular flexibility index (Phi) is 4.84. The molecule has 0 atom stereocenters. The number of rotatable bonds is 6. The average molecular weight is 275 g/mol. The first-order valence-corrected chi connectivity index (χ1v) is 7.26. The van der Waals surface area contributed by atoms with Crippen molar-refractivity contribution in [3.63, 3.8) is 0 Å². The van der Waals surface area contributed by atoms with E-state index in [9.17, 15) is 12.8 Å². The Morgan fingerprint density at radius 2 is 1.83 bits per heavy atom. The Bertz CT molecular complexity index is 483. The summed E-state index contributed by atoms with van der Waals surface area (Å²) in [5.74, 6) is -0.605. The van der Waals surface area contributed by atoms with Crippen molar-refractivity contribution >= 4 is 10.0 Å². The number of hydrogen-bond acceptors (Lipinski definition) is 3. The fraction of sp³-hybridized carbons (Fsp3) is 0.500. The molecule has 18 heavy (non-hydrogen) atoms. The lowest BCUT2D eigenvalue weighted by molar-refractivity contribution is 0.245. The molecular formula is C12H18FNO3S. The minimum Gasteiger partial charge on any atom is -0.396 e. The molecular weight excluding hydrogens is 257 g/mol. The Morgan fingerprint density at radius 1 is 1.28 bits per heavy atom. The number of halogens is 1. The van der Waals surface area contributed by atoms with E-state index in [1.807, 2.05) is 0 Å². The highest BCUT2D eigenvalue weighted by Gasteiger charge is 2.24. The van der Waals surface area contributed by atoms with Gasteiger partial charge < -0.3 is 5.11 Å². The summed E-state index contributed by atoms with van der Waals surface area (Å²) in [7, 11) is -3.51. The molecule has 6 heteroatoms. The molecule has 102 valence electrons. The van der Waals surface area contributed by atoms with Crippen LogP contribution in [0.3, 0.4) is 0 Å². The quantitative estimate of drug-likeness (QED) is 0.825. The Hall–Kier alpha value is -0.980.